The molecular formula is C24H44N8O10. The van der Waals surface area contributed by atoms with E-state index in [0.717, 1.165) is 0 Å². The zero-order valence-electron chi connectivity index (χ0n) is 24.7. The van der Waals surface area contributed by atoms with Crippen molar-refractivity contribution in [2.45, 2.75) is 74.8 Å². The van der Waals surface area contributed by atoms with Gasteiger partial charge in [0.1, 0.15) is 11.1 Å². The first-order valence-electron chi connectivity index (χ1n) is 12.5. The van der Waals surface area contributed by atoms with Crippen LogP contribution in [0.4, 0.5) is 0 Å². The van der Waals surface area contributed by atoms with Crippen LogP contribution in [0.2, 0.25) is 0 Å². The molecule has 18 heteroatoms. The lowest BCUT2D eigenvalue weighted by Gasteiger charge is -2.33. The number of aliphatic hydroxyl groups is 8. The minimum absolute atomic E-state index is 0.486. The Labute approximate surface area is 244 Å². The molecule has 2 amide bonds. The van der Waals surface area contributed by atoms with Gasteiger partial charge in [-0.1, -0.05) is 0 Å². The Bertz CT molecular complexity index is 921. The molecule has 0 aliphatic carbocycles. The van der Waals surface area contributed by atoms with Crippen molar-refractivity contribution in [3.63, 3.8) is 0 Å². The predicted octanol–water partition coefficient (Wildman–Crippen LogP) is -3.35. The second-order valence-electron chi connectivity index (χ2n) is 11.0. The van der Waals surface area contributed by atoms with E-state index >= 15 is 0 Å². The van der Waals surface area contributed by atoms with Gasteiger partial charge in [0.25, 0.3) is 0 Å². The van der Waals surface area contributed by atoms with Crippen LogP contribution in [0, 0.1) is 22.7 Å². The number of carbonyl (C=O) groups excluding carboxylic acids is 2. The molecule has 0 aromatic heterocycles. The lowest BCUT2D eigenvalue weighted by molar-refractivity contribution is -0.131. The Morgan fingerprint density at radius 2 is 0.762 bits per heavy atom. The number of hydrogen-bond donors (Lipinski definition) is 10. The molecule has 0 radical (unpaired) electrons. The van der Waals surface area contributed by atoms with Gasteiger partial charge in [0.05, 0.1) is 65.0 Å². The van der Waals surface area contributed by atoms with Gasteiger partial charge >= 0.3 is 0 Å². The molecule has 0 aromatic rings. The average Bonchev–Trinajstić information content (AvgIpc) is 3.00. The molecule has 0 heterocycles. The maximum atomic E-state index is 12.4. The van der Waals surface area contributed by atoms with Gasteiger partial charge in [0.2, 0.25) is 11.8 Å². The van der Waals surface area contributed by atoms with E-state index in [1.165, 1.54) is 41.5 Å². The summed E-state index contributed by atoms with van der Waals surface area (Å²) in [6.07, 6.45) is 0. The van der Waals surface area contributed by atoms with Crippen LogP contribution in [0.3, 0.4) is 0 Å². The lowest BCUT2D eigenvalue weighted by atomic mass is 9.98. The number of nitriles is 2. The van der Waals surface area contributed by atoms with Crippen molar-refractivity contribution in [1.29, 1.82) is 10.5 Å². The van der Waals surface area contributed by atoms with Crippen LogP contribution in [0.15, 0.2) is 20.5 Å². The van der Waals surface area contributed by atoms with E-state index in [0.29, 0.717) is 0 Å². The summed E-state index contributed by atoms with van der Waals surface area (Å²) in [6.45, 7) is 3.01. The van der Waals surface area contributed by atoms with Crippen molar-refractivity contribution in [2.75, 3.05) is 52.9 Å². The maximum absolute atomic E-state index is 12.4. The summed E-state index contributed by atoms with van der Waals surface area (Å²) in [7, 11) is 0. The first-order chi connectivity index (χ1) is 19.3. The molecule has 0 aromatic carbocycles. The van der Waals surface area contributed by atoms with Crippen molar-refractivity contribution in [3.05, 3.63) is 0 Å². The van der Waals surface area contributed by atoms with E-state index in [1.807, 2.05) is 0 Å². The standard InChI is InChI=1S/C16H32N4O8.C8H12N4O2/c1-13(2,11(27)17-15(5-21,6-22)7-23)19-20-14(3,4)12(28)18-16(8-24,9-25)10-26;1-7(3-9,5-13)11-12-8(2,4-10)6-14/h21-26H,5-10H2,1-4H3,(H,17,27)(H,18,28);13-14H,5-6H2,1-2H3/b20-19+;12-11+. The Balaban J connectivity index is 0. The summed E-state index contributed by atoms with van der Waals surface area (Å²) in [6, 6.07) is 3.49. The van der Waals surface area contributed by atoms with Crippen LogP contribution in [0.1, 0.15) is 41.5 Å². The van der Waals surface area contributed by atoms with Gasteiger partial charge in [-0.25, -0.2) is 0 Å². The van der Waals surface area contributed by atoms with E-state index in [1.54, 1.807) is 12.1 Å². The average molecular weight is 605 g/mol. The van der Waals surface area contributed by atoms with Crippen LogP contribution >= 0.6 is 0 Å². The molecular weight excluding hydrogens is 560 g/mol. The summed E-state index contributed by atoms with van der Waals surface area (Å²) in [5.74, 6) is -1.53. The van der Waals surface area contributed by atoms with Crippen LogP contribution in [-0.4, -0.2) is 139 Å². The largest absolute Gasteiger partial charge is 0.394 e. The summed E-state index contributed by atoms with van der Waals surface area (Å²) < 4.78 is 0. The third-order valence-corrected chi connectivity index (χ3v) is 5.82. The maximum Gasteiger partial charge on any atom is 0.249 e. The molecule has 0 aliphatic rings. The molecule has 0 bridgehead atoms. The van der Waals surface area contributed by atoms with E-state index in [4.69, 9.17) is 20.7 Å². The molecule has 0 spiro atoms. The Kier molecular flexibility index (Phi) is 16.6. The van der Waals surface area contributed by atoms with E-state index in [-0.39, 0.29) is 0 Å². The molecule has 10 N–H and O–H groups in total. The number of rotatable bonds is 16. The summed E-state index contributed by atoms with van der Waals surface area (Å²) in [5, 5.41) is 110. The molecule has 0 saturated carbocycles. The molecule has 18 nitrogen and oxygen atoms in total. The third kappa shape index (κ3) is 12.0. The first-order valence-corrected chi connectivity index (χ1v) is 12.5. The number of nitrogens with zero attached hydrogens (tertiary/aromatic N) is 6. The zero-order chi connectivity index (χ0) is 33.5. The van der Waals surface area contributed by atoms with Gasteiger partial charge in [0, 0.05) is 0 Å². The molecule has 0 saturated heterocycles. The van der Waals surface area contributed by atoms with Gasteiger partial charge in [0.15, 0.2) is 22.2 Å². The SMILES string of the molecule is CC(C#N)(CO)/N=N/C(C)(C#N)CO.CC(C)(/N=N/C(C)(C)C(=O)NC(CO)(CO)CO)C(=O)NC(CO)(CO)CO. The number of aliphatic hydroxyl groups excluding tert-OH is 8. The Morgan fingerprint density at radius 1 is 0.524 bits per heavy atom. The Hall–Kier alpha value is -3.20. The van der Waals surface area contributed by atoms with Crippen molar-refractivity contribution >= 4 is 11.8 Å². The highest BCUT2D eigenvalue weighted by Gasteiger charge is 2.39. The van der Waals surface area contributed by atoms with Gasteiger partial charge in [-0.2, -0.15) is 31.0 Å². The van der Waals surface area contributed by atoms with Crippen LogP contribution in [0.5, 0.6) is 0 Å². The fourth-order valence-electron chi connectivity index (χ4n) is 2.06. The molecule has 42 heavy (non-hydrogen) atoms. The molecule has 0 aliphatic heterocycles. The van der Waals surface area contributed by atoms with Crippen LogP contribution in [-0.2, 0) is 9.59 Å². The molecule has 2 unspecified atom stereocenters. The topological polar surface area (TPSA) is 317 Å². The quantitative estimate of drug-likeness (QED) is 0.0772. The summed E-state index contributed by atoms with van der Waals surface area (Å²) in [4.78, 5) is 24.8. The van der Waals surface area contributed by atoms with Gasteiger partial charge in [-0.05, 0) is 41.5 Å². The van der Waals surface area contributed by atoms with E-state index in [9.17, 15) is 40.2 Å². The second-order valence-corrected chi connectivity index (χ2v) is 11.0. The fraction of sp³-hybridized carbons (Fsp3) is 0.833. The highest BCUT2D eigenvalue weighted by molar-refractivity contribution is 5.87. The molecule has 2 atom stereocenters. The molecule has 240 valence electrons. The number of amides is 2. The zero-order valence-corrected chi connectivity index (χ0v) is 24.7. The lowest BCUT2D eigenvalue weighted by Crippen LogP contribution is -2.61. The number of nitrogens with one attached hydrogen (secondary N) is 2. The van der Waals surface area contributed by atoms with Gasteiger partial charge in [-0.15, -0.1) is 0 Å². The number of azo groups is 2. The highest BCUT2D eigenvalue weighted by Crippen LogP contribution is 2.19. The monoisotopic (exact) mass is 604 g/mol. The van der Waals surface area contributed by atoms with E-state index in [2.05, 4.69) is 31.1 Å². The van der Waals surface area contributed by atoms with Gasteiger partial charge in [-0.3, -0.25) is 9.59 Å². The highest BCUT2D eigenvalue weighted by atomic mass is 16.3. The fourth-order valence-corrected chi connectivity index (χ4v) is 2.06. The van der Waals surface area contributed by atoms with Crippen LogP contribution in [0.25, 0.3) is 0 Å². The smallest absolute Gasteiger partial charge is 0.249 e. The normalized spacial score (nSPS) is 15.5. The first kappa shape index (κ1) is 40.9. The molecule has 0 fully saturated rings. The number of carbonyl (C=O) groups is 2. The second kappa shape index (κ2) is 17.0. The summed E-state index contributed by atoms with van der Waals surface area (Å²) >= 11 is 0. The van der Waals surface area contributed by atoms with Crippen molar-refractivity contribution in [2.24, 2.45) is 20.5 Å². The number of hydrogen-bond acceptors (Lipinski definition) is 16. The van der Waals surface area contributed by atoms with Crippen molar-refractivity contribution < 1.29 is 50.4 Å². The third-order valence-electron chi connectivity index (χ3n) is 5.82. The predicted molar refractivity (Wildman–Crippen MR) is 144 cm³/mol. The van der Waals surface area contributed by atoms with Crippen molar-refractivity contribution in [1.82, 2.24) is 10.6 Å². The van der Waals surface area contributed by atoms with Gasteiger partial charge < -0.3 is 51.5 Å². The van der Waals surface area contributed by atoms with Crippen molar-refractivity contribution in [3.8, 4) is 12.1 Å². The molecule has 0 rings (SSSR count). The van der Waals surface area contributed by atoms with Crippen LogP contribution < -0.4 is 10.6 Å². The summed E-state index contributed by atoms with van der Waals surface area (Å²) in [5.41, 5.74) is -9.03. The Morgan fingerprint density at radius 3 is 0.929 bits per heavy atom. The minimum atomic E-state index is -1.64. The minimum Gasteiger partial charge on any atom is -0.394 e. The van der Waals surface area contributed by atoms with E-state index < -0.39 is 97.9 Å².